The highest BCUT2D eigenvalue weighted by atomic mass is 28.4. The maximum Gasteiger partial charge on any atom is 0.192 e. The molecule has 0 aromatic carbocycles. The summed E-state index contributed by atoms with van der Waals surface area (Å²) in [6.45, 7) is 32.0. The second kappa shape index (κ2) is 12.3. The van der Waals surface area contributed by atoms with E-state index in [1.807, 2.05) is 6.92 Å². The molecule has 0 heterocycles. The number of rotatable bonds is 11. The predicted molar refractivity (Wildman–Crippen MR) is 161 cm³/mol. The second-order valence-electron chi connectivity index (χ2n) is 14.0. The Morgan fingerprint density at radius 3 is 1.91 bits per heavy atom. The molecule has 1 rings (SSSR count). The number of aliphatic hydroxyl groups excluding tert-OH is 1. The van der Waals surface area contributed by atoms with E-state index in [2.05, 4.69) is 125 Å². The molecule has 1 aliphatic carbocycles. The minimum absolute atomic E-state index is 0.0995. The highest BCUT2D eigenvalue weighted by Gasteiger charge is 2.45. The maximum atomic E-state index is 11.2. The molecule has 35 heavy (non-hydrogen) atoms. The zero-order valence-corrected chi connectivity index (χ0v) is 27.6. The van der Waals surface area contributed by atoms with Gasteiger partial charge in [-0.3, -0.25) is 0 Å². The van der Waals surface area contributed by atoms with Crippen molar-refractivity contribution < 1.29 is 9.53 Å². The average Bonchev–Trinajstić information content (AvgIpc) is 3.44. The van der Waals surface area contributed by atoms with Crippen LogP contribution < -0.4 is 0 Å². The molecule has 4 atom stereocenters. The lowest BCUT2D eigenvalue weighted by atomic mass is 9.79. The van der Waals surface area contributed by atoms with Gasteiger partial charge in [0.05, 0.1) is 12.2 Å². The molecule has 1 aliphatic rings. The van der Waals surface area contributed by atoms with E-state index in [1.54, 1.807) is 0 Å². The molecule has 0 saturated heterocycles. The largest absolute Gasteiger partial charge is 0.410 e. The van der Waals surface area contributed by atoms with Crippen molar-refractivity contribution in [3.8, 4) is 11.5 Å². The Labute approximate surface area is 221 Å². The van der Waals surface area contributed by atoms with Gasteiger partial charge in [-0.25, -0.2) is 0 Å². The lowest BCUT2D eigenvalue weighted by Gasteiger charge is -2.44. The van der Waals surface area contributed by atoms with E-state index in [0.29, 0.717) is 34.9 Å². The molecular formula is C31H58O2Si2. The predicted octanol–water partition coefficient (Wildman–Crippen LogP) is 9.14. The summed E-state index contributed by atoms with van der Waals surface area (Å²) >= 11 is 0. The fourth-order valence-corrected chi connectivity index (χ4v) is 11.9. The topological polar surface area (TPSA) is 29.5 Å². The van der Waals surface area contributed by atoms with Crippen LogP contribution in [-0.4, -0.2) is 33.7 Å². The highest BCUT2D eigenvalue weighted by molar-refractivity contribution is 6.90. The van der Waals surface area contributed by atoms with Gasteiger partial charge in [0.1, 0.15) is 8.07 Å². The van der Waals surface area contributed by atoms with E-state index in [4.69, 9.17) is 4.43 Å². The first-order chi connectivity index (χ1) is 15.8. The van der Waals surface area contributed by atoms with Crippen molar-refractivity contribution in [2.75, 3.05) is 0 Å². The van der Waals surface area contributed by atoms with Gasteiger partial charge in [-0.1, -0.05) is 100 Å². The molecule has 202 valence electrons. The minimum Gasteiger partial charge on any atom is -0.410 e. The van der Waals surface area contributed by atoms with Crippen LogP contribution in [-0.2, 0) is 4.43 Å². The Hall–Kier alpha value is -0.606. The normalized spacial score (nSPS) is 21.8. The Morgan fingerprint density at radius 2 is 1.49 bits per heavy atom. The van der Waals surface area contributed by atoms with E-state index >= 15 is 0 Å². The monoisotopic (exact) mass is 518 g/mol. The molecule has 4 heteroatoms. The first-order valence-electron chi connectivity index (χ1n) is 14.0. The molecule has 0 radical (unpaired) electrons. The molecule has 0 aliphatic heterocycles. The summed E-state index contributed by atoms with van der Waals surface area (Å²) in [5.74, 6) is 4.75. The van der Waals surface area contributed by atoms with Gasteiger partial charge in [0.25, 0.3) is 0 Å². The van der Waals surface area contributed by atoms with Crippen molar-refractivity contribution in [2.45, 2.75) is 143 Å². The zero-order valence-electron chi connectivity index (χ0n) is 25.6. The third-order valence-electron chi connectivity index (χ3n) is 9.11. The Balaban J connectivity index is 2.87. The van der Waals surface area contributed by atoms with Crippen LogP contribution >= 0.6 is 0 Å². The summed E-state index contributed by atoms with van der Waals surface area (Å²) in [5, 5.41) is 11.3. The van der Waals surface area contributed by atoms with Crippen molar-refractivity contribution in [1.82, 2.24) is 0 Å². The van der Waals surface area contributed by atoms with E-state index in [-0.39, 0.29) is 16.6 Å². The van der Waals surface area contributed by atoms with Crippen LogP contribution in [0.15, 0.2) is 24.3 Å². The fourth-order valence-electron chi connectivity index (χ4n) is 5.23. The molecule has 0 bridgehead atoms. The van der Waals surface area contributed by atoms with Gasteiger partial charge in [-0.2, -0.15) is 0 Å². The van der Waals surface area contributed by atoms with Crippen LogP contribution in [0.1, 0.15) is 95.9 Å². The molecule has 1 fully saturated rings. The van der Waals surface area contributed by atoms with Crippen LogP contribution in [0.25, 0.3) is 0 Å². The molecule has 2 nitrogen and oxygen atoms in total. The first-order valence-corrected chi connectivity index (χ1v) is 19.2. The van der Waals surface area contributed by atoms with Gasteiger partial charge >= 0.3 is 0 Å². The summed E-state index contributed by atoms with van der Waals surface area (Å²) in [5.41, 5.74) is 5.56. The van der Waals surface area contributed by atoms with Crippen molar-refractivity contribution in [2.24, 2.45) is 17.3 Å². The Bertz CT molecular complexity index is 765. The third kappa shape index (κ3) is 7.94. The van der Waals surface area contributed by atoms with Crippen LogP contribution in [0.3, 0.4) is 0 Å². The molecular weight excluding hydrogens is 461 g/mol. The molecule has 1 saturated carbocycles. The van der Waals surface area contributed by atoms with Crippen LogP contribution in [0, 0.1) is 28.7 Å². The Morgan fingerprint density at radius 1 is 0.971 bits per heavy atom. The molecule has 0 amide bonds. The van der Waals surface area contributed by atoms with E-state index in [0.717, 1.165) is 6.42 Å². The lowest BCUT2D eigenvalue weighted by Crippen LogP contribution is -2.50. The lowest BCUT2D eigenvalue weighted by molar-refractivity contribution is -0.0181. The van der Waals surface area contributed by atoms with E-state index < -0.39 is 22.5 Å². The average molecular weight is 519 g/mol. The second-order valence-corrected chi connectivity index (χ2v) is 24.3. The maximum absolute atomic E-state index is 11.2. The van der Waals surface area contributed by atoms with E-state index in [1.165, 1.54) is 0 Å². The number of allylic oxidation sites excluding steroid dienone is 2. The number of hydrogen-bond donors (Lipinski definition) is 1. The van der Waals surface area contributed by atoms with Gasteiger partial charge in [-0.15, -0.1) is 11.5 Å². The van der Waals surface area contributed by atoms with Gasteiger partial charge in [0.15, 0.2) is 8.32 Å². The van der Waals surface area contributed by atoms with Crippen LogP contribution in [0.4, 0.5) is 0 Å². The summed E-state index contributed by atoms with van der Waals surface area (Å²) in [7, 11) is -3.60. The van der Waals surface area contributed by atoms with Crippen molar-refractivity contribution in [1.29, 1.82) is 0 Å². The zero-order chi connectivity index (χ0) is 27.4. The third-order valence-corrected chi connectivity index (χ3v) is 19.9. The standard InChI is InChI=1S/C31H58O2Si2/c1-15-17-29(33-34(13,14)30(8,9)10)31(11,12)28(32)19-16-18-26-22-27(26)20-21-35(23(2)3,24(4)5)25(6)7/h15-18,23-29,32H,19,22H2,1-14H3/b17-15+,18-16-/t26-,27+,28-,29?/m0/s1. The van der Waals surface area contributed by atoms with Gasteiger partial charge in [0.2, 0.25) is 0 Å². The van der Waals surface area contributed by atoms with Crippen LogP contribution in [0.2, 0.25) is 34.8 Å². The first kappa shape index (κ1) is 32.4. The smallest absolute Gasteiger partial charge is 0.192 e. The summed E-state index contributed by atoms with van der Waals surface area (Å²) in [4.78, 5) is 0. The fraction of sp³-hybridized carbons (Fsp3) is 0.806. The Kier molecular flexibility index (Phi) is 11.4. The van der Waals surface area contributed by atoms with Crippen molar-refractivity contribution in [3.63, 3.8) is 0 Å². The molecule has 0 spiro atoms. The SMILES string of the molecule is C/C=C/C(O[Si](C)(C)C(C)(C)C)C(C)(C)[C@@H](O)C/C=C\[C@H]1C[C@H]1C#C[Si](C(C)C)(C(C)C)C(C)C. The van der Waals surface area contributed by atoms with Gasteiger partial charge in [0, 0.05) is 11.3 Å². The summed E-state index contributed by atoms with van der Waals surface area (Å²) in [6, 6.07) is 0. The molecule has 1 unspecified atom stereocenters. The van der Waals surface area contributed by atoms with Crippen molar-refractivity contribution in [3.05, 3.63) is 24.3 Å². The van der Waals surface area contributed by atoms with E-state index in [9.17, 15) is 5.11 Å². The summed E-state index contributed by atoms with van der Waals surface area (Å²) < 4.78 is 6.76. The minimum atomic E-state index is -1.95. The number of hydrogen-bond acceptors (Lipinski definition) is 2. The molecule has 0 aromatic rings. The summed E-state index contributed by atoms with van der Waals surface area (Å²) in [6.07, 6.45) is 9.95. The van der Waals surface area contributed by atoms with Gasteiger partial charge in [-0.05, 0) is 60.4 Å². The van der Waals surface area contributed by atoms with Crippen LogP contribution in [0.5, 0.6) is 0 Å². The van der Waals surface area contributed by atoms with Crippen molar-refractivity contribution >= 4 is 16.4 Å². The molecule has 0 aromatic heterocycles. The van der Waals surface area contributed by atoms with Gasteiger partial charge < -0.3 is 9.53 Å². The molecule has 1 N–H and O–H groups in total. The quantitative estimate of drug-likeness (QED) is 0.168. The highest BCUT2D eigenvalue weighted by Crippen LogP contribution is 2.44. The number of aliphatic hydroxyl groups is 1.